The number of benzene rings is 2. The Hall–Kier alpha value is -2.62. The maximum absolute atomic E-state index is 13.2. The molecule has 5 nitrogen and oxygen atoms in total. The minimum absolute atomic E-state index is 0.0386. The van der Waals surface area contributed by atoms with Crippen LogP contribution in [-0.2, 0) is 14.9 Å². The summed E-state index contributed by atoms with van der Waals surface area (Å²) in [5.41, 5.74) is -4.71. The van der Waals surface area contributed by atoms with E-state index in [9.17, 15) is 30.8 Å². The molecular formula is C18H14F4O5S. The molecule has 1 saturated carbocycles. The van der Waals surface area contributed by atoms with Crippen LogP contribution in [0.2, 0.25) is 0 Å². The molecular weight excluding hydrogens is 404 g/mol. The van der Waals surface area contributed by atoms with Gasteiger partial charge in [0.25, 0.3) is 0 Å². The van der Waals surface area contributed by atoms with Gasteiger partial charge in [-0.2, -0.15) is 21.6 Å². The maximum atomic E-state index is 13.2. The van der Waals surface area contributed by atoms with Gasteiger partial charge >= 0.3 is 21.6 Å². The molecule has 0 radical (unpaired) electrons. The molecule has 2 aromatic rings. The monoisotopic (exact) mass is 418 g/mol. The number of carbonyl (C=O) groups excluding carboxylic acids is 1. The summed E-state index contributed by atoms with van der Waals surface area (Å²) in [5, 5.41) is 0. The largest absolute Gasteiger partial charge is 0.534 e. The van der Waals surface area contributed by atoms with Gasteiger partial charge in [-0.1, -0.05) is 12.1 Å². The molecule has 0 aromatic heterocycles. The summed E-state index contributed by atoms with van der Waals surface area (Å²) in [6, 6.07) is 7.42. The summed E-state index contributed by atoms with van der Waals surface area (Å²) >= 11 is 0. The summed E-state index contributed by atoms with van der Waals surface area (Å²) in [6.07, 6.45) is 1.58. The Labute approximate surface area is 158 Å². The molecule has 3 rings (SSSR count). The molecule has 0 bridgehead atoms. The number of methoxy groups -OCH3 is 1. The minimum atomic E-state index is -6.01. The van der Waals surface area contributed by atoms with Gasteiger partial charge in [-0.3, -0.25) is 0 Å². The zero-order chi connectivity index (χ0) is 20.7. The van der Waals surface area contributed by atoms with Crippen molar-refractivity contribution in [1.82, 2.24) is 0 Å². The lowest BCUT2D eigenvalue weighted by molar-refractivity contribution is -0.0500. The first kappa shape index (κ1) is 20.1. The topological polar surface area (TPSA) is 69.7 Å². The van der Waals surface area contributed by atoms with E-state index in [0.29, 0.717) is 16.7 Å². The van der Waals surface area contributed by atoms with Crippen molar-refractivity contribution in [3.8, 4) is 16.9 Å². The van der Waals surface area contributed by atoms with Gasteiger partial charge in [0.2, 0.25) is 0 Å². The molecule has 0 N–H and O–H groups in total. The molecule has 0 unspecified atom stereocenters. The molecule has 28 heavy (non-hydrogen) atoms. The molecule has 0 spiro atoms. The third kappa shape index (κ3) is 3.96. The summed E-state index contributed by atoms with van der Waals surface area (Å²) in [6.45, 7) is 0. The Kier molecular flexibility index (Phi) is 5.09. The molecule has 1 aliphatic carbocycles. The van der Waals surface area contributed by atoms with Crippen molar-refractivity contribution in [2.75, 3.05) is 7.11 Å². The normalized spacial score (nSPS) is 14.6. The summed E-state index contributed by atoms with van der Waals surface area (Å²) in [7, 11) is -5.00. The lowest BCUT2D eigenvalue weighted by Gasteiger charge is -2.17. The summed E-state index contributed by atoms with van der Waals surface area (Å²) in [4.78, 5) is 12.0. The van der Waals surface area contributed by atoms with Crippen LogP contribution in [0.4, 0.5) is 17.6 Å². The second-order valence-electron chi connectivity index (χ2n) is 6.19. The van der Waals surface area contributed by atoms with E-state index < -0.39 is 38.7 Å². The summed E-state index contributed by atoms with van der Waals surface area (Å²) < 4.78 is 83.2. The number of halogens is 4. The number of ether oxygens (including phenoxy) is 1. The van der Waals surface area contributed by atoms with Crippen LogP contribution in [0.1, 0.15) is 34.7 Å². The molecule has 0 heterocycles. The Morgan fingerprint density at radius 1 is 1.11 bits per heavy atom. The SMILES string of the molecule is COC(=O)c1cc(C2CC2)c(-c2ccc(F)cc2)cc1OS(=O)(=O)C(F)(F)F. The number of rotatable bonds is 5. The number of alkyl halides is 3. The van der Waals surface area contributed by atoms with Crippen LogP contribution >= 0.6 is 0 Å². The number of hydrogen-bond donors (Lipinski definition) is 0. The van der Waals surface area contributed by atoms with E-state index in [4.69, 9.17) is 0 Å². The van der Waals surface area contributed by atoms with Gasteiger partial charge in [-0.15, -0.1) is 0 Å². The fourth-order valence-corrected chi connectivity index (χ4v) is 3.18. The van der Waals surface area contributed by atoms with Crippen molar-refractivity contribution in [2.45, 2.75) is 24.3 Å². The van der Waals surface area contributed by atoms with Crippen LogP contribution in [0.3, 0.4) is 0 Å². The molecule has 0 amide bonds. The smallest absolute Gasteiger partial charge is 0.465 e. The predicted octanol–water partition coefficient (Wildman–Crippen LogP) is 4.39. The second kappa shape index (κ2) is 7.08. The first-order valence-corrected chi connectivity index (χ1v) is 9.47. The first-order chi connectivity index (χ1) is 13.0. The number of esters is 1. The second-order valence-corrected chi connectivity index (χ2v) is 7.73. The Bertz CT molecular complexity index is 1010. The van der Waals surface area contributed by atoms with Gasteiger partial charge in [0.1, 0.15) is 11.4 Å². The van der Waals surface area contributed by atoms with Crippen molar-refractivity contribution in [1.29, 1.82) is 0 Å². The van der Waals surface area contributed by atoms with Crippen LogP contribution in [0.5, 0.6) is 5.75 Å². The van der Waals surface area contributed by atoms with Crippen LogP contribution < -0.4 is 4.18 Å². The average molecular weight is 418 g/mol. The minimum Gasteiger partial charge on any atom is -0.465 e. The van der Waals surface area contributed by atoms with Gasteiger partial charge in [0.05, 0.1) is 7.11 Å². The number of hydrogen-bond acceptors (Lipinski definition) is 5. The molecule has 150 valence electrons. The Morgan fingerprint density at radius 2 is 1.71 bits per heavy atom. The van der Waals surface area contributed by atoms with E-state index in [1.54, 1.807) is 0 Å². The van der Waals surface area contributed by atoms with E-state index in [-0.39, 0.29) is 5.92 Å². The molecule has 1 aliphatic rings. The van der Waals surface area contributed by atoms with E-state index in [0.717, 1.165) is 38.2 Å². The van der Waals surface area contributed by atoms with Crippen molar-refractivity contribution in [3.05, 3.63) is 53.3 Å². The Balaban J connectivity index is 2.20. The Morgan fingerprint density at radius 3 is 2.21 bits per heavy atom. The van der Waals surface area contributed by atoms with Crippen molar-refractivity contribution < 1.29 is 39.7 Å². The van der Waals surface area contributed by atoms with Gasteiger partial charge in [0.15, 0.2) is 5.75 Å². The zero-order valence-corrected chi connectivity index (χ0v) is 15.2. The maximum Gasteiger partial charge on any atom is 0.534 e. The van der Waals surface area contributed by atoms with Crippen LogP contribution in [0.25, 0.3) is 11.1 Å². The highest BCUT2D eigenvalue weighted by molar-refractivity contribution is 7.88. The summed E-state index contributed by atoms with van der Waals surface area (Å²) in [5.74, 6) is -2.33. The molecule has 0 aliphatic heterocycles. The molecule has 2 aromatic carbocycles. The molecule has 0 saturated heterocycles. The first-order valence-electron chi connectivity index (χ1n) is 8.06. The van der Waals surface area contributed by atoms with Gasteiger partial charge < -0.3 is 8.92 Å². The third-order valence-electron chi connectivity index (χ3n) is 4.21. The van der Waals surface area contributed by atoms with Gasteiger partial charge in [0, 0.05) is 0 Å². The molecule has 10 heteroatoms. The highest BCUT2D eigenvalue weighted by Crippen LogP contribution is 2.47. The lowest BCUT2D eigenvalue weighted by Crippen LogP contribution is -2.28. The quantitative estimate of drug-likeness (QED) is 0.312. The predicted molar refractivity (Wildman–Crippen MR) is 90.8 cm³/mol. The standard InChI is InChI=1S/C18H14F4O5S/c1-26-17(23)15-8-13(10-2-3-10)14(11-4-6-12(19)7-5-11)9-16(15)27-28(24,25)18(20,21)22/h4-10H,2-3H2,1H3. The number of carbonyl (C=O) groups is 1. The van der Waals surface area contributed by atoms with Crippen LogP contribution in [0, 0.1) is 5.82 Å². The molecule has 1 fully saturated rings. The average Bonchev–Trinajstić information content (AvgIpc) is 3.45. The van der Waals surface area contributed by atoms with E-state index >= 15 is 0 Å². The van der Waals surface area contributed by atoms with E-state index in [2.05, 4.69) is 8.92 Å². The van der Waals surface area contributed by atoms with Crippen LogP contribution in [0.15, 0.2) is 36.4 Å². The van der Waals surface area contributed by atoms with Gasteiger partial charge in [-0.05, 0) is 59.7 Å². The fraction of sp³-hybridized carbons (Fsp3) is 0.278. The van der Waals surface area contributed by atoms with Crippen LogP contribution in [-0.4, -0.2) is 27.0 Å². The van der Waals surface area contributed by atoms with E-state index in [1.165, 1.54) is 18.2 Å². The van der Waals surface area contributed by atoms with Crippen molar-refractivity contribution >= 4 is 16.1 Å². The third-order valence-corrected chi connectivity index (χ3v) is 5.18. The fourth-order valence-electron chi connectivity index (χ4n) is 2.71. The van der Waals surface area contributed by atoms with Gasteiger partial charge in [-0.25, -0.2) is 9.18 Å². The van der Waals surface area contributed by atoms with E-state index in [1.807, 2.05) is 0 Å². The lowest BCUT2D eigenvalue weighted by atomic mass is 9.94. The molecule has 0 atom stereocenters. The highest BCUT2D eigenvalue weighted by atomic mass is 32.2. The van der Waals surface area contributed by atoms with Crippen molar-refractivity contribution in [3.63, 3.8) is 0 Å². The highest BCUT2D eigenvalue weighted by Gasteiger charge is 2.49. The zero-order valence-electron chi connectivity index (χ0n) is 14.4. The van der Waals surface area contributed by atoms with Crippen molar-refractivity contribution in [2.24, 2.45) is 0 Å².